The van der Waals surface area contributed by atoms with Crippen LogP contribution >= 0.6 is 0 Å². The van der Waals surface area contributed by atoms with E-state index in [1.54, 1.807) is 0 Å². The third-order valence-corrected chi connectivity index (χ3v) is 3.16. The number of nitrogens with two attached hydrogens (primary N) is 1. The molecule has 0 aliphatic rings. The Balaban J connectivity index is 3.28. The van der Waals surface area contributed by atoms with Gasteiger partial charge in [-0.25, -0.2) is 4.79 Å². The summed E-state index contributed by atoms with van der Waals surface area (Å²) in [7, 11) is 0. The summed E-state index contributed by atoms with van der Waals surface area (Å²) < 4.78 is 4.85. The molecule has 21 heavy (non-hydrogen) atoms. The topological polar surface area (TPSA) is 102 Å². The second kappa shape index (κ2) is 13.3. The number of nitrogens with zero attached hydrogens (tertiary/aromatic N) is 2. The fourth-order valence-electron chi connectivity index (χ4n) is 2.02. The number of carbonyl (C=O) groups is 2. The van der Waals surface area contributed by atoms with E-state index in [9.17, 15) is 14.5 Å². The van der Waals surface area contributed by atoms with Crippen LogP contribution in [0.3, 0.4) is 0 Å². The molecule has 0 heterocycles. The minimum atomic E-state index is -0.799. The van der Waals surface area contributed by atoms with Crippen molar-refractivity contribution in [2.24, 2.45) is 11.0 Å². The second-order valence-electron chi connectivity index (χ2n) is 4.93. The zero-order valence-electron chi connectivity index (χ0n) is 12.9. The summed E-state index contributed by atoms with van der Waals surface area (Å²) in [5, 5.41) is 3.30. The molecule has 0 saturated carbocycles. The number of urea groups is 1. The second-order valence-corrected chi connectivity index (χ2v) is 4.93. The first-order valence-corrected chi connectivity index (χ1v) is 7.67. The smallest absolute Gasteiger partial charge is 0.337 e. The molecule has 0 fully saturated rings. The van der Waals surface area contributed by atoms with Crippen molar-refractivity contribution in [2.45, 2.75) is 64.7 Å². The van der Waals surface area contributed by atoms with Gasteiger partial charge in [-0.15, -0.1) is 4.91 Å². The fraction of sp³-hybridized carbons (Fsp3) is 0.857. The van der Waals surface area contributed by atoms with E-state index in [1.807, 2.05) is 6.92 Å². The lowest BCUT2D eigenvalue weighted by Gasteiger charge is -2.09. The Morgan fingerprint density at radius 1 is 1.00 bits per heavy atom. The summed E-state index contributed by atoms with van der Waals surface area (Å²) >= 11 is 0. The Morgan fingerprint density at radius 3 is 2.00 bits per heavy atom. The number of carbonyl (C=O) groups excluding carboxylic acids is 2. The van der Waals surface area contributed by atoms with Crippen molar-refractivity contribution in [1.29, 1.82) is 0 Å². The van der Waals surface area contributed by atoms with Gasteiger partial charge in [0.05, 0.1) is 11.9 Å². The lowest BCUT2D eigenvalue weighted by molar-refractivity contribution is -0.143. The van der Waals surface area contributed by atoms with Crippen LogP contribution in [0.15, 0.2) is 5.29 Å². The van der Waals surface area contributed by atoms with E-state index in [1.165, 1.54) is 0 Å². The number of nitroso groups, excluding NO2 is 1. The van der Waals surface area contributed by atoms with Gasteiger partial charge < -0.3 is 10.5 Å². The van der Waals surface area contributed by atoms with Gasteiger partial charge in [-0.1, -0.05) is 38.5 Å². The maximum atomic E-state index is 11.1. The number of rotatable bonds is 13. The van der Waals surface area contributed by atoms with E-state index >= 15 is 0 Å². The van der Waals surface area contributed by atoms with Crippen LogP contribution in [0.2, 0.25) is 0 Å². The highest BCUT2D eigenvalue weighted by Gasteiger charge is 2.07. The van der Waals surface area contributed by atoms with E-state index in [-0.39, 0.29) is 5.97 Å². The highest BCUT2D eigenvalue weighted by molar-refractivity contribution is 5.71. The molecule has 2 N–H and O–H groups in total. The normalized spacial score (nSPS) is 10.1. The lowest BCUT2D eigenvalue weighted by Crippen LogP contribution is -2.31. The number of primary amides is 1. The molecule has 0 aromatic rings. The molecule has 7 heteroatoms. The van der Waals surface area contributed by atoms with Gasteiger partial charge in [-0.3, -0.25) is 4.79 Å². The van der Waals surface area contributed by atoms with E-state index in [4.69, 9.17) is 10.5 Å². The zero-order chi connectivity index (χ0) is 15.9. The van der Waals surface area contributed by atoms with E-state index < -0.39 is 6.03 Å². The molecule has 0 spiro atoms. The summed E-state index contributed by atoms with van der Waals surface area (Å²) in [6, 6.07) is -0.799. The largest absolute Gasteiger partial charge is 0.466 e. The lowest BCUT2D eigenvalue weighted by atomic mass is 10.1. The summed E-state index contributed by atoms with van der Waals surface area (Å²) in [5.74, 6) is -0.111. The predicted octanol–water partition coefficient (Wildman–Crippen LogP) is 3.12. The van der Waals surface area contributed by atoms with Crippen molar-refractivity contribution in [3.63, 3.8) is 0 Å². The van der Waals surface area contributed by atoms with Crippen molar-refractivity contribution in [1.82, 2.24) is 5.01 Å². The SMILES string of the molecule is CCOC(=O)CCCCCCCCCCN(N=O)C(N)=O. The van der Waals surface area contributed by atoms with Gasteiger partial charge in [0.2, 0.25) is 0 Å². The van der Waals surface area contributed by atoms with E-state index in [2.05, 4.69) is 5.29 Å². The molecule has 0 aromatic heterocycles. The van der Waals surface area contributed by atoms with Gasteiger partial charge in [0.15, 0.2) is 0 Å². The van der Waals surface area contributed by atoms with Crippen LogP contribution in [-0.2, 0) is 9.53 Å². The first kappa shape index (κ1) is 19.3. The van der Waals surface area contributed by atoms with Crippen molar-refractivity contribution in [3.8, 4) is 0 Å². The standard InChI is InChI=1S/C14H27N3O4/c1-2-21-13(18)11-9-7-5-3-4-6-8-10-12-17(16-20)14(15)19/h2-12H2,1H3,(H2,15,19). The summed E-state index contributed by atoms with van der Waals surface area (Å²) in [6.07, 6.45) is 8.54. The summed E-state index contributed by atoms with van der Waals surface area (Å²) in [4.78, 5) is 32.0. The van der Waals surface area contributed by atoms with Crippen molar-refractivity contribution in [2.75, 3.05) is 13.2 Å². The number of amides is 2. The number of ether oxygens (including phenoxy) is 1. The van der Waals surface area contributed by atoms with Gasteiger partial charge in [0.25, 0.3) is 0 Å². The average molecular weight is 301 g/mol. The van der Waals surface area contributed by atoms with Gasteiger partial charge >= 0.3 is 12.0 Å². The van der Waals surface area contributed by atoms with Gasteiger partial charge in [-0.2, -0.15) is 5.01 Å². The molecule has 2 amide bonds. The molecule has 0 rings (SSSR count). The molecule has 122 valence electrons. The quantitative estimate of drug-likeness (QED) is 0.244. The first-order chi connectivity index (χ1) is 10.1. The minimum Gasteiger partial charge on any atom is -0.466 e. The zero-order valence-corrected chi connectivity index (χ0v) is 12.9. The van der Waals surface area contributed by atoms with Crippen LogP contribution < -0.4 is 5.73 Å². The highest BCUT2D eigenvalue weighted by Crippen LogP contribution is 2.10. The molecule has 0 radical (unpaired) electrons. The monoisotopic (exact) mass is 301 g/mol. The van der Waals surface area contributed by atoms with Crippen LogP contribution in [0.25, 0.3) is 0 Å². The van der Waals surface area contributed by atoms with Crippen molar-refractivity contribution < 1.29 is 14.3 Å². The predicted molar refractivity (Wildman–Crippen MR) is 80.3 cm³/mol. The van der Waals surface area contributed by atoms with Crippen molar-refractivity contribution >= 4 is 12.0 Å². The third kappa shape index (κ3) is 11.8. The average Bonchev–Trinajstić information content (AvgIpc) is 2.44. The molecule has 7 nitrogen and oxygen atoms in total. The van der Waals surface area contributed by atoms with Crippen LogP contribution in [0.1, 0.15) is 64.7 Å². The molecule has 0 unspecified atom stereocenters. The van der Waals surface area contributed by atoms with Gasteiger partial charge in [0, 0.05) is 13.0 Å². The Kier molecular flexibility index (Phi) is 12.3. The summed E-state index contributed by atoms with van der Waals surface area (Å²) in [6.45, 7) is 2.55. The van der Waals surface area contributed by atoms with Gasteiger partial charge in [0.1, 0.15) is 0 Å². The fourth-order valence-corrected chi connectivity index (χ4v) is 2.02. The third-order valence-electron chi connectivity index (χ3n) is 3.16. The number of esters is 1. The van der Waals surface area contributed by atoms with Crippen molar-refractivity contribution in [3.05, 3.63) is 4.91 Å². The van der Waals surface area contributed by atoms with Crippen LogP contribution in [0.4, 0.5) is 4.79 Å². The number of unbranched alkanes of at least 4 members (excludes halogenated alkanes) is 7. The number of hydrogen-bond donors (Lipinski definition) is 1. The van der Waals surface area contributed by atoms with Crippen LogP contribution in [0, 0.1) is 4.91 Å². The van der Waals surface area contributed by atoms with Crippen LogP contribution in [0.5, 0.6) is 0 Å². The maximum absolute atomic E-state index is 11.1. The first-order valence-electron chi connectivity index (χ1n) is 7.67. The summed E-state index contributed by atoms with van der Waals surface area (Å²) in [5.41, 5.74) is 4.96. The molecule has 0 aromatic carbocycles. The Bertz CT molecular complexity index is 311. The Labute approximate surface area is 126 Å². The van der Waals surface area contributed by atoms with E-state index in [0.29, 0.717) is 19.6 Å². The Morgan fingerprint density at radius 2 is 1.52 bits per heavy atom. The van der Waals surface area contributed by atoms with E-state index in [0.717, 1.165) is 56.4 Å². The Hall–Kier alpha value is -1.66. The molecular weight excluding hydrogens is 274 g/mol. The van der Waals surface area contributed by atoms with Crippen LogP contribution in [-0.4, -0.2) is 30.2 Å². The number of hydrogen-bond acceptors (Lipinski definition) is 5. The molecule has 0 atom stereocenters. The molecule has 0 aliphatic heterocycles. The molecule has 0 bridgehead atoms. The molecular formula is C14H27N3O4. The minimum absolute atomic E-state index is 0.111. The van der Waals surface area contributed by atoms with Gasteiger partial charge in [-0.05, 0) is 19.8 Å². The molecule has 0 saturated heterocycles. The molecule has 0 aliphatic carbocycles. The highest BCUT2D eigenvalue weighted by atomic mass is 16.5. The maximum Gasteiger partial charge on any atom is 0.337 e.